The number of hydrogen-bond donors (Lipinski definition) is 1. The maximum atomic E-state index is 10.2. The first-order chi connectivity index (χ1) is 7.71. The van der Waals surface area contributed by atoms with E-state index in [1.54, 1.807) is 0 Å². The summed E-state index contributed by atoms with van der Waals surface area (Å²) in [5.41, 5.74) is 0.801. The van der Waals surface area contributed by atoms with E-state index in [0.29, 0.717) is 5.25 Å². The summed E-state index contributed by atoms with van der Waals surface area (Å²) in [5.74, 6) is 2.01. The molecular formula is C13H16O2S. The average molecular weight is 236 g/mol. The van der Waals surface area contributed by atoms with Crippen molar-refractivity contribution in [3.05, 3.63) is 29.8 Å². The lowest BCUT2D eigenvalue weighted by Gasteiger charge is -2.40. The molecular weight excluding hydrogens is 220 g/mol. The summed E-state index contributed by atoms with van der Waals surface area (Å²) in [6.07, 6.45) is 1.41. The van der Waals surface area contributed by atoms with E-state index in [0.717, 1.165) is 29.9 Å². The number of benzene rings is 1. The second-order valence-electron chi connectivity index (χ2n) is 4.69. The van der Waals surface area contributed by atoms with Crippen molar-refractivity contribution in [3.63, 3.8) is 0 Å². The average Bonchev–Trinajstić information content (AvgIpc) is 2.60. The minimum Gasteiger partial charge on any atom is -0.486 e. The van der Waals surface area contributed by atoms with Crippen LogP contribution in [0.1, 0.15) is 31.4 Å². The Bertz CT molecular complexity index is 407. The van der Waals surface area contributed by atoms with Crippen LogP contribution >= 0.6 is 11.8 Å². The fourth-order valence-electron chi connectivity index (χ4n) is 2.71. The van der Waals surface area contributed by atoms with Gasteiger partial charge >= 0.3 is 0 Å². The number of rotatable bonds is 0. The van der Waals surface area contributed by atoms with Gasteiger partial charge in [-0.15, -0.1) is 0 Å². The van der Waals surface area contributed by atoms with Crippen LogP contribution in [0.3, 0.4) is 0 Å². The van der Waals surface area contributed by atoms with Gasteiger partial charge in [-0.2, -0.15) is 11.8 Å². The molecule has 0 aromatic heterocycles. The Labute approximate surface area is 100 Å². The van der Waals surface area contributed by atoms with Crippen LogP contribution < -0.4 is 4.74 Å². The molecule has 0 radical (unpaired) electrons. The Morgan fingerprint density at radius 1 is 1.44 bits per heavy atom. The first-order valence-corrected chi connectivity index (χ1v) is 6.84. The van der Waals surface area contributed by atoms with Crippen molar-refractivity contribution in [2.75, 3.05) is 5.75 Å². The molecule has 3 heteroatoms. The van der Waals surface area contributed by atoms with Gasteiger partial charge in [0.05, 0.1) is 6.10 Å². The van der Waals surface area contributed by atoms with Gasteiger partial charge in [-0.3, -0.25) is 0 Å². The summed E-state index contributed by atoms with van der Waals surface area (Å²) >= 11 is 1.94. The van der Waals surface area contributed by atoms with Crippen LogP contribution in [0.2, 0.25) is 0 Å². The number of hydrogen-bond acceptors (Lipinski definition) is 3. The minimum absolute atomic E-state index is 0.140. The van der Waals surface area contributed by atoms with Crippen LogP contribution in [0, 0.1) is 0 Å². The van der Waals surface area contributed by atoms with Gasteiger partial charge < -0.3 is 9.84 Å². The highest BCUT2D eigenvalue weighted by atomic mass is 32.2. The molecule has 3 unspecified atom stereocenters. The van der Waals surface area contributed by atoms with Crippen molar-refractivity contribution < 1.29 is 9.84 Å². The van der Waals surface area contributed by atoms with Gasteiger partial charge in [-0.05, 0) is 25.2 Å². The number of thioether (sulfide) groups is 1. The molecule has 1 N–H and O–H groups in total. The predicted molar refractivity (Wildman–Crippen MR) is 65.9 cm³/mol. The third-order valence-electron chi connectivity index (χ3n) is 3.76. The molecule has 2 heterocycles. The highest BCUT2D eigenvalue weighted by molar-refractivity contribution is 8.00. The van der Waals surface area contributed by atoms with E-state index < -0.39 is 0 Å². The number of fused-ring (bicyclic) bond motifs is 1. The summed E-state index contributed by atoms with van der Waals surface area (Å²) < 4.78 is 6.18. The van der Waals surface area contributed by atoms with Gasteiger partial charge in [0.25, 0.3) is 0 Å². The van der Waals surface area contributed by atoms with Crippen molar-refractivity contribution in [2.24, 2.45) is 0 Å². The standard InChI is InChI=1S/C13H16O2S/c1-9-13(6-7-16-9)8-11(14)10-4-2-3-5-12(10)15-13/h2-5,9,11,14H,6-8H2,1H3. The molecule has 86 valence electrons. The van der Waals surface area contributed by atoms with Crippen LogP contribution in [0.4, 0.5) is 0 Å². The Kier molecular flexibility index (Phi) is 2.41. The van der Waals surface area contributed by atoms with Crippen molar-refractivity contribution in [2.45, 2.75) is 36.7 Å². The summed E-state index contributed by atoms with van der Waals surface area (Å²) in [6.45, 7) is 2.21. The van der Waals surface area contributed by atoms with E-state index in [2.05, 4.69) is 6.92 Å². The monoisotopic (exact) mass is 236 g/mol. The lowest BCUT2D eigenvalue weighted by Crippen LogP contribution is -2.45. The largest absolute Gasteiger partial charge is 0.486 e. The zero-order chi connectivity index (χ0) is 11.2. The molecule has 0 saturated carbocycles. The van der Waals surface area contributed by atoms with E-state index >= 15 is 0 Å². The molecule has 1 aromatic carbocycles. The number of aliphatic hydroxyl groups excluding tert-OH is 1. The third-order valence-corrected chi connectivity index (χ3v) is 5.13. The maximum Gasteiger partial charge on any atom is 0.126 e. The first-order valence-electron chi connectivity index (χ1n) is 5.79. The van der Waals surface area contributed by atoms with Crippen molar-refractivity contribution in [1.82, 2.24) is 0 Å². The van der Waals surface area contributed by atoms with Gasteiger partial charge in [0, 0.05) is 17.2 Å². The smallest absolute Gasteiger partial charge is 0.126 e. The van der Waals surface area contributed by atoms with Crippen LogP contribution in [0.15, 0.2) is 24.3 Å². The Balaban J connectivity index is 2.00. The van der Waals surface area contributed by atoms with Crippen LogP contribution in [0.5, 0.6) is 5.75 Å². The predicted octanol–water partition coefficient (Wildman–Crippen LogP) is 2.77. The van der Waals surface area contributed by atoms with Crippen molar-refractivity contribution >= 4 is 11.8 Å². The van der Waals surface area contributed by atoms with E-state index in [9.17, 15) is 5.11 Å². The molecule has 0 bridgehead atoms. The summed E-state index contributed by atoms with van der Waals surface area (Å²) in [7, 11) is 0. The lowest BCUT2D eigenvalue weighted by molar-refractivity contribution is -0.0103. The van der Waals surface area contributed by atoms with Crippen molar-refractivity contribution in [3.8, 4) is 5.75 Å². The van der Waals surface area contributed by atoms with E-state index in [1.165, 1.54) is 0 Å². The molecule has 3 atom stereocenters. The second-order valence-corrected chi connectivity index (χ2v) is 6.14. The zero-order valence-corrected chi connectivity index (χ0v) is 10.2. The fraction of sp³-hybridized carbons (Fsp3) is 0.538. The molecule has 1 aromatic rings. The molecule has 0 aliphatic carbocycles. The van der Waals surface area contributed by atoms with Gasteiger partial charge in [-0.25, -0.2) is 0 Å². The molecule has 2 aliphatic rings. The molecule has 0 amide bonds. The molecule has 2 aliphatic heterocycles. The van der Waals surface area contributed by atoms with Gasteiger partial charge in [-0.1, -0.05) is 18.2 Å². The summed E-state index contributed by atoms with van der Waals surface area (Å²) in [5, 5.41) is 10.7. The molecule has 3 rings (SSSR count). The summed E-state index contributed by atoms with van der Waals surface area (Å²) in [4.78, 5) is 0. The SMILES string of the molecule is CC1SCCC12CC(O)c1ccccc1O2. The number of ether oxygens (including phenoxy) is 1. The van der Waals surface area contributed by atoms with Crippen LogP contribution in [-0.4, -0.2) is 21.7 Å². The topological polar surface area (TPSA) is 29.5 Å². The molecule has 1 saturated heterocycles. The lowest BCUT2D eigenvalue weighted by atomic mass is 9.85. The highest BCUT2D eigenvalue weighted by Gasteiger charge is 2.47. The van der Waals surface area contributed by atoms with Gasteiger partial charge in [0.15, 0.2) is 0 Å². The van der Waals surface area contributed by atoms with Crippen LogP contribution in [0.25, 0.3) is 0 Å². The number of aliphatic hydroxyl groups is 1. The Hall–Kier alpha value is -0.670. The Morgan fingerprint density at radius 2 is 2.25 bits per heavy atom. The Morgan fingerprint density at radius 3 is 3.00 bits per heavy atom. The fourth-order valence-corrected chi connectivity index (χ4v) is 4.10. The highest BCUT2D eigenvalue weighted by Crippen LogP contribution is 2.49. The second kappa shape index (κ2) is 3.67. The number of para-hydroxylation sites is 1. The van der Waals surface area contributed by atoms with Gasteiger partial charge in [0.2, 0.25) is 0 Å². The van der Waals surface area contributed by atoms with Crippen molar-refractivity contribution in [1.29, 1.82) is 0 Å². The van der Waals surface area contributed by atoms with Crippen LogP contribution in [-0.2, 0) is 0 Å². The minimum atomic E-state index is -0.369. The van der Waals surface area contributed by atoms with Gasteiger partial charge in [0.1, 0.15) is 11.4 Å². The van der Waals surface area contributed by atoms with E-state index in [1.807, 2.05) is 36.0 Å². The molecule has 16 heavy (non-hydrogen) atoms. The van der Waals surface area contributed by atoms with E-state index in [4.69, 9.17) is 4.74 Å². The maximum absolute atomic E-state index is 10.2. The van der Waals surface area contributed by atoms with E-state index in [-0.39, 0.29) is 11.7 Å². The molecule has 1 fully saturated rings. The first kappa shape index (κ1) is 10.5. The molecule has 2 nitrogen and oxygen atoms in total. The summed E-state index contributed by atoms with van der Waals surface area (Å²) in [6, 6.07) is 7.85. The quantitative estimate of drug-likeness (QED) is 0.751. The normalized spacial score (nSPS) is 37.1. The molecule has 1 spiro atoms. The third kappa shape index (κ3) is 1.45. The zero-order valence-electron chi connectivity index (χ0n) is 9.35.